The van der Waals surface area contributed by atoms with Gasteiger partial charge in [0.15, 0.2) is 0 Å². The number of nitrogens with one attached hydrogen (secondary N) is 1. The van der Waals surface area contributed by atoms with E-state index in [-0.39, 0.29) is 12.1 Å². The van der Waals surface area contributed by atoms with Crippen molar-refractivity contribution in [3.8, 4) is 0 Å². The van der Waals surface area contributed by atoms with Gasteiger partial charge in [0.1, 0.15) is 0 Å². The molecular weight excluding hydrogens is 204 g/mol. The van der Waals surface area contributed by atoms with Crippen molar-refractivity contribution in [3.63, 3.8) is 0 Å². The maximum Gasteiger partial charge on any atom is 0.340 e. The number of fused-ring (bicyclic) bond motifs is 1. The van der Waals surface area contributed by atoms with Crippen molar-refractivity contribution in [1.29, 1.82) is 0 Å². The summed E-state index contributed by atoms with van der Waals surface area (Å²) in [6.07, 6.45) is 1.53. The van der Waals surface area contributed by atoms with Gasteiger partial charge in [0, 0.05) is 22.8 Å². The molecule has 0 bridgehead atoms. The Morgan fingerprint density at radius 1 is 1.44 bits per heavy atom. The Balaban J connectivity index is 2.42. The van der Waals surface area contributed by atoms with E-state index in [2.05, 4.69) is 4.98 Å². The minimum absolute atomic E-state index is 0.119. The number of aromatic nitrogens is 1. The molecule has 2 rings (SSSR count). The highest BCUT2D eigenvalue weighted by atomic mass is 16.5. The lowest BCUT2D eigenvalue weighted by Crippen LogP contribution is -2.11. The molecule has 4 nitrogen and oxygen atoms in total. The summed E-state index contributed by atoms with van der Waals surface area (Å²) >= 11 is 0. The number of carbonyl (C=O) groups is 1. The molecule has 2 aromatic rings. The number of nitrogen functional groups attached to an aromatic ring is 1. The third-order valence-electron chi connectivity index (χ3n) is 2.27. The van der Waals surface area contributed by atoms with Crippen LogP contribution in [0.25, 0.3) is 10.9 Å². The fraction of sp³-hybridized carbons (Fsp3) is 0.250. The Labute approximate surface area is 93.4 Å². The monoisotopic (exact) mass is 218 g/mol. The Hall–Kier alpha value is -1.97. The van der Waals surface area contributed by atoms with Crippen LogP contribution in [-0.2, 0) is 4.74 Å². The number of esters is 1. The van der Waals surface area contributed by atoms with Gasteiger partial charge < -0.3 is 15.5 Å². The SMILES string of the molecule is CC(C)OC(=O)c1c[nH]c2cc(N)ccc12. The van der Waals surface area contributed by atoms with Crippen LogP contribution in [0.1, 0.15) is 24.2 Å². The third-order valence-corrected chi connectivity index (χ3v) is 2.27. The number of anilines is 1. The van der Waals surface area contributed by atoms with E-state index in [4.69, 9.17) is 10.5 Å². The van der Waals surface area contributed by atoms with Crippen LogP contribution in [0.4, 0.5) is 5.69 Å². The van der Waals surface area contributed by atoms with Gasteiger partial charge in [-0.2, -0.15) is 0 Å². The van der Waals surface area contributed by atoms with Crippen molar-refractivity contribution in [2.45, 2.75) is 20.0 Å². The summed E-state index contributed by atoms with van der Waals surface area (Å²) in [5, 5.41) is 0.833. The molecule has 4 heteroatoms. The second-order valence-corrected chi connectivity index (χ2v) is 3.96. The van der Waals surface area contributed by atoms with Gasteiger partial charge in [-0.05, 0) is 32.0 Å². The van der Waals surface area contributed by atoms with E-state index in [1.807, 2.05) is 19.9 Å². The fourth-order valence-electron chi connectivity index (χ4n) is 1.59. The highest BCUT2D eigenvalue weighted by Crippen LogP contribution is 2.21. The molecule has 0 aliphatic carbocycles. The predicted molar refractivity (Wildman–Crippen MR) is 63.3 cm³/mol. The normalized spacial score (nSPS) is 10.9. The van der Waals surface area contributed by atoms with Gasteiger partial charge in [-0.3, -0.25) is 0 Å². The molecule has 16 heavy (non-hydrogen) atoms. The summed E-state index contributed by atoms with van der Waals surface area (Å²) in [7, 11) is 0. The number of H-pyrrole nitrogens is 1. The maximum atomic E-state index is 11.7. The van der Waals surface area contributed by atoms with Crippen LogP contribution in [0.15, 0.2) is 24.4 Å². The summed E-state index contributed by atoms with van der Waals surface area (Å²) in [6, 6.07) is 5.38. The van der Waals surface area contributed by atoms with Crippen molar-refractivity contribution in [2.75, 3.05) is 5.73 Å². The van der Waals surface area contributed by atoms with Crippen LogP contribution in [0, 0.1) is 0 Å². The molecule has 3 N–H and O–H groups in total. The Bertz CT molecular complexity index is 529. The molecule has 84 valence electrons. The number of nitrogens with two attached hydrogens (primary N) is 1. The predicted octanol–water partition coefficient (Wildman–Crippen LogP) is 2.32. The second-order valence-electron chi connectivity index (χ2n) is 3.96. The maximum absolute atomic E-state index is 11.7. The standard InChI is InChI=1S/C12H14N2O2/c1-7(2)16-12(15)10-6-14-11-5-8(13)3-4-9(10)11/h3-7,14H,13H2,1-2H3. The minimum Gasteiger partial charge on any atom is -0.459 e. The van der Waals surface area contributed by atoms with E-state index >= 15 is 0 Å². The number of hydrogen-bond donors (Lipinski definition) is 2. The van der Waals surface area contributed by atoms with Gasteiger partial charge in [-0.1, -0.05) is 0 Å². The van der Waals surface area contributed by atoms with E-state index in [1.165, 1.54) is 0 Å². The zero-order valence-corrected chi connectivity index (χ0v) is 9.28. The van der Waals surface area contributed by atoms with Crippen LogP contribution in [0.3, 0.4) is 0 Å². The first-order valence-corrected chi connectivity index (χ1v) is 5.15. The van der Waals surface area contributed by atoms with Gasteiger partial charge in [0.05, 0.1) is 11.7 Å². The van der Waals surface area contributed by atoms with Crippen LogP contribution in [0.2, 0.25) is 0 Å². The average molecular weight is 218 g/mol. The van der Waals surface area contributed by atoms with Crippen LogP contribution in [-0.4, -0.2) is 17.1 Å². The molecule has 0 unspecified atom stereocenters. The quantitative estimate of drug-likeness (QED) is 0.600. The second kappa shape index (κ2) is 3.89. The lowest BCUT2D eigenvalue weighted by Gasteiger charge is -2.06. The summed E-state index contributed by atoms with van der Waals surface area (Å²) in [5.74, 6) is -0.314. The minimum atomic E-state index is -0.314. The largest absolute Gasteiger partial charge is 0.459 e. The molecule has 0 spiro atoms. The average Bonchev–Trinajstić information content (AvgIpc) is 2.59. The summed E-state index contributed by atoms with van der Waals surface area (Å²) in [6.45, 7) is 3.65. The molecular formula is C12H14N2O2. The number of hydrogen-bond acceptors (Lipinski definition) is 3. The fourth-order valence-corrected chi connectivity index (χ4v) is 1.59. The molecule has 1 aromatic carbocycles. The third kappa shape index (κ3) is 1.86. The zero-order valence-electron chi connectivity index (χ0n) is 9.28. The van der Waals surface area contributed by atoms with Crippen molar-refractivity contribution >= 4 is 22.6 Å². The van der Waals surface area contributed by atoms with E-state index in [0.29, 0.717) is 11.3 Å². The molecule has 1 heterocycles. The molecule has 0 saturated heterocycles. The first-order valence-electron chi connectivity index (χ1n) is 5.15. The first-order chi connectivity index (χ1) is 7.58. The van der Waals surface area contributed by atoms with Gasteiger partial charge in [0.25, 0.3) is 0 Å². The Morgan fingerprint density at radius 2 is 2.19 bits per heavy atom. The molecule has 0 amide bonds. The molecule has 0 aliphatic rings. The Kier molecular flexibility index (Phi) is 2.56. The first kappa shape index (κ1) is 10.5. The van der Waals surface area contributed by atoms with Crippen molar-refractivity contribution in [1.82, 2.24) is 4.98 Å². The molecule has 0 atom stereocenters. The van der Waals surface area contributed by atoms with Crippen LogP contribution < -0.4 is 5.73 Å². The van der Waals surface area contributed by atoms with Gasteiger partial charge in [-0.25, -0.2) is 4.79 Å². The number of aromatic amines is 1. The smallest absolute Gasteiger partial charge is 0.340 e. The summed E-state index contributed by atoms with van der Waals surface area (Å²) < 4.78 is 5.14. The van der Waals surface area contributed by atoms with Crippen molar-refractivity contribution < 1.29 is 9.53 Å². The zero-order chi connectivity index (χ0) is 11.7. The lowest BCUT2D eigenvalue weighted by molar-refractivity contribution is 0.0380. The van der Waals surface area contributed by atoms with Gasteiger partial charge >= 0.3 is 5.97 Å². The van der Waals surface area contributed by atoms with Gasteiger partial charge in [0.2, 0.25) is 0 Å². The summed E-state index contributed by atoms with van der Waals surface area (Å²) in [4.78, 5) is 14.7. The van der Waals surface area contributed by atoms with Gasteiger partial charge in [-0.15, -0.1) is 0 Å². The molecule has 1 aromatic heterocycles. The van der Waals surface area contributed by atoms with Crippen LogP contribution >= 0.6 is 0 Å². The highest BCUT2D eigenvalue weighted by molar-refractivity contribution is 6.04. The molecule has 0 aliphatic heterocycles. The van der Waals surface area contributed by atoms with E-state index in [0.717, 1.165) is 10.9 Å². The van der Waals surface area contributed by atoms with E-state index in [1.54, 1.807) is 18.3 Å². The number of ether oxygens (including phenoxy) is 1. The number of benzene rings is 1. The molecule has 0 radical (unpaired) electrons. The highest BCUT2D eigenvalue weighted by Gasteiger charge is 2.14. The number of carbonyl (C=O) groups excluding carboxylic acids is 1. The van der Waals surface area contributed by atoms with E-state index in [9.17, 15) is 4.79 Å². The topological polar surface area (TPSA) is 68.1 Å². The Morgan fingerprint density at radius 3 is 2.88 bits per heavy atom. The van der Waals surface area contributed by atoms with Crippen LogP contribution in [0.5, 0.6) is 0 Å². The number of rotatable bonds is 2. The molecule has 0 fully saturated rings. The van der Waals surface area contributed by atoms with Crippen molar-refractivity contribution in [3.05, 3.63) is 30.0 Å². The lowest BCUT2D eigenvalue weighted by atomic mass is 10.1. The van der Waals surface area contributed by atoms with E-state index < -0.39 is 0 Å². The molecule has 0 saturated carbocycles. The summed E-state index contributed by atoms with van der Waals surface area (Å²) in [5.41, 5.74) is 7.71. The van der Waals surface area contributed by atoms with Crippen molar-refractivity contribution in [2.24, 2.45) is 0 Å².